The van der Waals surface area contributed by atoms with Crippen molar-refractivity contribution in [1.82, 2.24) is 0 Å². The Bertz CT molecular complexity index is 392. The fourth-order valence-electron chi connectivity index (χ4n) is 1.77. The highest BCUT2D eigenvalue weighted by Gasteiger charge is 2.17. The van der Waals surface area contributed by atoms with E-state index >= 15 is 0 Å². The molecule has 0 atom stereocenters. The summed E-state index contributed by atoms with van der Waals surface area (Å²) in [4.78, 5) is 1.94. The Kier molecular flexibility index (Phi) is 3.05. The number of nitrogens with one attached hydrogen (secondary N) is 1. The number of nitrogens with zero attached hydrogens (tertiary/aromatic N) is 1. The van der Waals surface area contributed by atoms with Gasteiger partial charge in [-0.15, -0.1) is 0 Å². The van der Waals surface area contributed by atoms with E-state index in [4.69, 9.17) is 5.41 Å². The molecule has 0 radical (unpaired) electrons. The van der Waals surface area contributed by atoms with Crippen LogP contribution in [-0.4, -0.2) is 12.4 Å². The van der Waals surface area contributed by atoms with Gasteiger partial charge in [0, 0.05) is 18.7 Å². The largest absolute Gasteiger partial charge is 0.330 e. The molecule has 0 saturated carbocycles. The van der Waals surface area contributed by atoms with Gasteiger partial charge in [0.2, 0.25) is 0 Å². The molecule has 1 saturated heterocycles. The van der Waals surface area contributed by atoms with Crippen molar-refractivity contribution >= 4 is 27.5 Å². The van der Waals surface area contributed by atoms with E-state index in [1.807, 2.05) is 4.90 Å². The Balaban J connectivity index is 2.28. The lowest BCUT2D eigenvalue weighted by Gasteiger charge is -2.29. The molecule has 0 amide bonds. The number of anilines is 1. The molecule has 0 bridgehead atoms. The number of rotatable bonds is 1. The summed E-state index contributed by atoms with van der Waals surface area (Å²) in [5.41, 5.74) is 0.896. The second kappa shape index (κ2) is 4.31. The maximum absolute atomic E-state index is 13.0. The van der Waals surface area contributed by atoms with Crippen LogP contribution in [0.25, 0.3) is 0 Å². The van der Waals surface area contributed by atoms with Crippen molar-refractivity contribution in [2.45, 2.75) is 19.3 Å². The third-order valence-electron chi connectivity index (χ3n) is 2.59. The molecule has 1 aliphatic heterocycles. The van der Waals surface area contributed by atoms with E-state index in [1.54, 1.807) is 12.1 Å². The normalized spacial score (nSPS) is 16.9. The Hall–Kier alpha value is -0.900. The van der Waals surface area contributed by atoms with Crippen LogP contribution in [0.1, 0.15) is 19.3 Å². The van der Waals surface area contributed by atoms with Crippen LogP contribution in [0.15, 0.2) is 22.7 Å². The lowest BCUT2D eigenvalue weighted by Crippen LogP contribution is -2.34. The van der Waals surface area contributed by atoms with Crippen molar-refractivity contribution in [3.8, 4) is 0 Å². The summed E-state index contributed by atoms with van der Waals surface area (Å²) in [6, 6.07) is 4.89. The predicted molar refractivity (Wildman–Crippen MR) is 63.0 cm³/mol. The number of benzene rings is 1. The minimum absolute atomic E-state index is 0.262. The van der Waals surface area contributed by atoms with Crippen LogP contribution < -0.4 is 4.90 Å². The molecule has 4 heteroatoms. The Morgan fingerprint density at radius 2 is 2.13 bits per heavy atom. The van der Waals surface area contributed by atoms with Gasteiger partial charge in [-0.05, 0) is 47.0 Å². The molecule has 1 aromatic carbocycles. The third kappa shape index (κ3) is 2.20. The van der Waals surface area contributed by atoms with Gasteiger partial charge in [-0.1, -0.05) is 0 Å². The summed E-state index contributed by atoms with van der Waals surface area (Å²) >= 11 is 3.16. The van der Waals surface area contributed by atoms with Crippen LogP contribution in [0.3, 0.4) is 0 Å². The van der Waals surface area contributed by atoms with E-state index in [0.717, 1.165) is 31.5 Å². The summed E-state index contributed by atoms with van der Waals surface area (Å²) < 4.78 is 13.5. The molecule has 1 N–H and O–H groups in total. The zero-order chi connectivity index (χ0) is 10.8. The highest BCUT2D eigenvalue weighted by molar-refractivity contribution is 9.10. The highest BCUT2D eigenvalue weighted by atomic mass is 79.9. The molecule has 1 heterocycles. The standard InChI is InChI=1S/C11H12BrFN2/c12-9-7-8(4-5-10(9)13)15-6-2-1-3-11(15)14/h4-5,7,14H,1-3,6H2. The summed E-state index contributed by atoms with van der Waals surface area (Å²) in [7, 11) is 0. The quantitative estimate of drug-likeness (QED) is 0.830. The van der Waals surface area contributed by atoms with Gasteiger partial charge in [0.05, 0.1) is 4.47 Å². The summed E-state index contributed by atoms with van der Waals surface area (Å²) in [5, 5.41) is 7.82. The Labute approximate surface area is 96.7 Å². The number of hydrogen-bond donors (Lipinski definition) is 1. The van der Waals surface area contributed by atoms with Crippen LogP contribution >= 0.6 is 15.9 Å². The van der Waals surface area contributed by atoms with Crippen LogP contribution in [0.2, 0.25) is 0 Å². The maximum atomic E-state index is 13.0. The molecule has 0 aliphatic carbocycles. The van der Waals surface area contributed by atoms with Crippen LogP contribution in [-0.2, 0) is 0 Å². The first-order valence-corrected chi connectivity index (χ1v) is 5.78. The Morgan fingerprint density at radius 3 is 2.80 bits per heavy atom. The number of amidine groups is 1. The first kappa shape index (κ1) is 10.6. The van der Waals surface area contributed by atoms with Crippen molar-refractivity contribution in [2.24, 2.45) is 0 Å². The first-order chi connectivity index (χ1) is 7.18. The number of piperidine rings is 1. The van der Waals surface area contributed by atoms with Gasteiger partial charge < -0.3 is 4.90 Å². The minimum Gasteiger partial charge on any atom is -0.330 e. The maximum Gasteiger partial charge on any atom is 0.137 e. The summed E-state index contributed by atoms with van der Waals surface area (Å²) in [5.74, 6) is 0.363. The minimum atomic E-state index is -0.262. The Morgan fingerprint density at radius 1 is 1.33 bits per heavy atom. The van der Waals surface area contributed by atoms with Crippen LogP contribution in [0.4, 0.5) is 10.1 Å². The van der Waals surface area contributed by atoms with E-state index in [-0.39, 0.29) is 5.82 Å². The van der Waals surface area contributed by atoms with E-state index < -0.39 is 0 Å². The van der Waals surface area contributed by atoms with Gasteiger partial charge in [0.15, 0.2) is 0 Å². The van der Waals surface area contributed by atoms with E-state index in [0.29, 0.717) is 10.3 Å². The van der Waals surface area contributed by atoms with Crippen molar-refractivity contribution in [3.05, 3.63) is 28.5 Å². The molecular formula is C11H12BrFN2. The zero-order valence-corrected chi connectivity index (χ0v) is 9.85. The molecule has 1 aliphatic rings. The summed E-state index contributed by atoms with van der Waals surface area (Å²) in [6.07, 6.45) is 2.99. The molecule has 2 rings (SSSR count). The molecule has 1 aromatic rings. The van der Waals surface area contributed by atoms with E-state index in [2.05, 4.69) is 15.9 Å². The fourth-order valence-corrected chi connectivity index (χ4v) is 2.14. The average Bonchev–Trinajstić information content (AvgIpc) is 2.23. The van der Waals surface area contributed by atoms with Gasteiger partial charge in [-0.2, -0.15) is 0 Å². The van der Waals surface area contributed by atoms with Crippen molar-refractivity contribution in [1.29, 1.82) is 5.41 Å². The second-order valence-electron chi connectivity index (χ2n) is 3.65. The van der Waals surface area contributed by atoms with Gasteiger partial charge in [-0.25, -0.2) is 4.39 Å². The monoisotopic (exact) mass is 270 g/mol. The molecule has 2 nitrogen and oxygen atoms in total. The van der Waals surface area contributed by atoms with Crippen molar-refractivity contribution < 1.29 is 4.39 Å². The topological polar surface area (TPSA) is 27.1 Å². The lowest BCUT2D eigenvalue weighted by atomic mass is 10.1. The van der Waals surface area contributed by atoms with E-state index in [1.165, 1.54) is 6.07 Å². The SMILES string of the molecule is N=C1CCCCN1c1ccc(F)c(Br)c1. The lowest BCUT2D eigenvalue weighted by molar-refractivity contribution is 0.620. The average molecular weight is 271 g/mol. The molecule has 1 fully saturated rings. The van der Waals surface area contributed by atoms with Gasteiger partial charge in [-0.3, -0.25) is 5.41 Å². The molecule has 0 unspecified atom stereocenters. The predicted octanol–water partition coefficient (Wildman–Crippen LogP) is 3.56. The van der Waals surface area contributed by atoms with Crippen LogP contribution in [0.5, 0.6) is 0 Å². The van der Waals surface area contributed by atoms with Crippen molar-refractivity contribution in [2.75, 3.05) is 11.4 Å². The highest BCUT2D eigenvalue weighted by Crippen LogP contribution is 2.26. The van der Waals surface area contributed by atoms with Crippen LogP contribution in [0, 0.1) is 11.2 Å². The van der Waals surface area contributed by atoms with Crippen molar-refractivity contribution in [3.63, 3.8) is 0 Å². The summed E-state index contributed by atoms with van der Waals surface area (Å²) in [6.45, 7) is 0.858. The molecule has 80 valence electrons. The smallest absolute Gasteiger partial charge is 0.137 e. The van der Waals surface area contributed by atoms with Gasteiger partial charge in [0.25, 0.3) is 0 Å². The molecule has 15 heavy (non-hydrogen) atoms. The number of hydrogen-bond acceptors (Lipinski definition) is 1. The first-order valence-electron chi connectivity index (χ1n) is 4.98. The fraction of sp³-hybridized carbons (Fsp3) is 0.364. The second-order valence-corrected chi connectivity index (χ2v) is 4.51. The zero-order valence-electron chi connectivity index (χ0n) is 8.26. The van der Waals surface area contributed by atoms with Gasteiger partial charge in [0.1, 0.15) is 11.7 Å². The molecule has 0 spiro atoms. The third-order valence-corrected chi connectivity index (χ3v) is 3.19. The number of halogens is 2. The molecule has 0 aromatic heterocycles. The van der Waals surface area contributed by atoms with E-state index in [9.17, 15) is 4.39 Å². The molecular weight excluding hydrogens is 259 g/mol. The van der Waals surface area contributed by atoms with Gasteiger partial charge >= 0.3 is 0 Å².